The molecule has 1 aromatic rings. The van der Waals surface area contributed by atoms with E-state index in [0.717, 1.165) is 12.2 Å². The van der Waals surface area contributed by atoms with Crippen LogP contribution in [0.5, 0.6) is 5.75 Å². The average Bonchev–Trinajstić information content (AvgIpc) is 2.28. The minimum Gasteiger partial charge on any atom is -0.494 e. The van der Waals surface area contributed by atoms with Crippen LogP contribution >= 0.6 is 0 Å². The maximum absolute atomic E-state index is 11.8. The molecule has 0 aromatic heterocycles. The molecule has 0 fully saturated rings. The van der Waals surface area contributed by atoms with Crippen LogP contribution < -0.4 is 10.5 Å². The van der Waals surface area contributed by atoms with Gasteiger partial charge in [0.1, 0.15) is 11.4 Å². The van der Waals surface area contributed by atoms with Gasteiger partial charge in [-0.2, -0.15) is 0 Å². The molecule has 0 radical (unpaired) electrons. The first-order valence-corrected chi connectivity index (χ1v) is 6.08. The standard InChI is InChI=1S/C14H21NO3/c1-14(2,3)18-13(16)11-5-7-12(8-6-11)17-10-4-9-15/h5-8H,4,9-10,15H2,1-3H3. The summed E-state index contributed by atoms with van der Waals surface area (Å²) in [6.45, 7) is 6.72. The van der Waals surface area contributed by atoms with Crippen LogP contribution in [0.3, 0.4) is 0 Å². The summed E-state index contributed by atoms with van der Waals surface area (Å²) in [4.78, 5) is 11.8. The van der Waals surface area contributed by atoms with Gasteiger partial charge in [-0.25, -0.2) is 4.79 Å². The molecule has 100 valence electrons. The van der Waals surface area contributed by atoms with Crippen LogP contribution in [-0.4, -0.2) is 24.7 Å². The third-order valence-electron chi connectivity index (χ3n) is 2.11. The van der Waals surface area contributed by atoms with Gasteiger partial charge in [0, 0.05) is 0 Å². The third kappa shape index (κ3) is 5.19. The number of esters is 1. The fourth-order valence-corrected chi connectivity index (χ4v) is 1.30. The van der Waals surface area contributed by atoms with E-state index in [9.17, 15) is 4.79 Å². The lowest BCUT2D eigenvalue weighted by Gasteiger charge is -2.19. The van der Waals surface area contributed by atoms with Crippen LogP contribution in [0.1, 0.15) is 37.6 Å². The van der Waals surface area contributed by atoms with Gasteiger partial charge in [-0.15, -0.1) is 0 Å². The lowest BCUT2D eigenvalue weighted by Crippen LogP contribution is -2.23. The van der Waals surface area contributed by atoms with E-state index < -0.39 is 5.60 Å². The first kappa shape index (κ1) is 14.5. The normalized spacial score (nSPS) is 11.1. The third-order valence-corrected chi connectivity index (χ3v) is 2.11. The quantitative estimate of drug-likeness (QED) is 0.644. The molecule has 1 rings (SSSR count). The minimum atomic E-state index is -0.479. The largest absolute Gasteiger partial charge is 0.494 e. The fourth-order valence-electron chi connectivity index (χ4n) is 1.30. The second-order valence-corrected chi connectivity index (χ2v) is 5.02. The molecule has 0 atom stereocenters. The smallest absolute Gasteiger partial charge is 0.338 e. The molecule has 0 spiro atoms. The van der Waals surface area contributed by atoms with Crippen molar-refractivity contribution in [3.05, 3.63) is 29.8 Å². The Labute approximate surface area is 108 Å². The Bertz CT molecular complexity index is 379. The summed E-state index contributed by atoms with van der Waals surface area (Å²) in [7, 11) is 0. The summed E-state index contributed by atoms with van der Waals surface area (Å²) in [6.07, 6.45) is 0.813. The molecule has 0 saturated heterocycles. The zero-order valence-electron chi connectivity index (χ0n) is 11.2. The molecule has 0 aliphatic carbocycles. The van der Waals surface area contributed by atoms with Crippen molar-refractivity contribution in [1.29, 1.82) is 0 Å². The van der Waals surface area contributed by atoms with E-state index >= 15 is 0 Å². The van der Waals surface area contributed by atoms with E-state index in [1.807, 2.05) is 20.8 Å². The molecule has 0 aliphatic heterocycles. The lowest BCUT2D eigenvalue weighted by molar-refractivity contribution is 0.00695. The highest BCUT2D eigenvalue weighted by Gasteiger charge is 2.17. The Morgan fingerprint density at radius 1 is 1.22 bits per heavy atom. The number of benzene rings is 1. The number of hydrogen-bond acceptors (Lipinski definition) is 4. The van der Waals surface area contributed by atoms with Crippen molar-refractivity contribution >= 4 is 5.97 Å². The van der Waals surface area contributed by atoms with Gasteiger partial charge in [0.2, 0.25) is 0 Å². The molecule has 0 amide bonds. The Morgan fingerprint density at radius 3 is 2.33 bits per heavy atom. The minimum absolute atomic E-state index is 0.323. The topological polar surface area (TPSA) is 61.5 Å². The molecule has 0 aliphatic rings. The zero-order valence-corrected chi connectivity index (χ0v) is 11.2. The molecular weight excluding hydrogens is 230 g/mol. The molecule has 0 saturated carbocycles. The first-order valence-electron chi connectivity index (χ1n) is 6.08. The Hall–Kier alpha value is -1.55. The van der Waals surface area contributed by atoms with Gasteiger partial charge in [-0.3, -0.25) is 0 Å². The highest BCUT2D eigenvalue weighted by Crippen LogP contribution is 2.16. The summed E-state index contributed by atoms with van der Waals surface area (Å²) in [6, 6.07) is 6.92. The number of nitrogens with two attached hydrogens (primary N) is 1. The van der Waals surface area contributed by atoms with Crippen LogP contribution in [0.25, 0.3) is 0 Å². The Morgan fingerprint density at radius 2 is 1.83 bits per heavy atom. The van der Waals surface area contributed by atoms with E-state index in [1.165, 1.54) is 0 Å². The second kappa shape index (κ2) is 6.40. The van der Waals surface area contributed by atoms with E-state index in [4.69, 9.17) is 15.2 Å². The molecule has 4 nitrogen and oxygen atoms in total. The molecule has 2 N–H and O–H groups in total. The molecule has 1 aromatic carbocycles. The van der Waals surface area contributed by atoms with Crippen LogP contribution in [0.2, 0.25) is 0 Å². The van der Waals surface area contributed by atoms with Gasteiger partial charge in [-0.05, 0) is 58.0 Å². The molecule has 0 bridgehead atoms. The van der Waals surface area contributed by atoms with Crippen LogP contribution in [0.4, 0.5) is 0 Å². The van der Waals surface area contributed by atoms with E-state index in [-0.39, 0.29) is 5.97 Å². The SMILES string of the molecule is CC(C)(C)OC(=O)c1ccc(OCCCN)cc1. The molecule has 0 unspecified atom stereocenters. The Balaban J connectivity index is 2.57. The average molecular weight is 251 g/mol. The molecular formula is C14H21NO3. The summed E-state index contributed by atoms with van der Waals surface area (Å²) in [5, 5.41) is 0. The van der Waals surface area contributed by atoms with Crippen LogP contribution in [0, 0.1) is 0 Å². The van der Waals surface area contributed by atoms with Gasteiger partial charge < -0.3 is 15.2 Å². The van der Waals surface area contributed by atoms with E-state index in [1.54, 1.807) is 24.3 Å². The highest BCUT2D eigenvalue weighted by atomic mass is 16.6. The van der Waals surface area contributed by atoms with Crippen molar-refractivity contribution in [2.24, 2.45) is 5.73 Å². The van der Waals surface area contributed by atoms with Crippen molar-refractivity contribution in [2.45, 2.75) is 32.8 Å². The molecule has 4 heteroatoms. The molecule has 0 heterocycles. The predicted octanol–water partition coefficient (Wildman–Crippen LogP) is 2.37. The second-order valence-electron chi connectivity index (χ2n) is 5.02. The summed E-state index contributed by atoms with van der Waals surface area (Å²) >= 11 is 0. The van der Waals surface area contributed by atoms with Crippen molar-refractivity contribution < 1.29 is 14.3 Å². The number of ether oxygens (including phenoxy) is 2. The summed E-state index contributed by atoms with van der Waals surface area (Å²) in [5.74, 6) is 0.409. The summed E-state index contributed by atoms with van der Waals surface area (Å²) < 4.78 is 10.7. The molecule has 18 heavy (non-hydrogen) atoms. The van der Waals surface area contributed by atoms with Crippen LogP contribution in [0.15, 0.2) is 24.3 Å². The maximum Gasteiger partial charge on any atom is 0.338 e. The first-order chi connectivity index (χ1) is 8.42. The van der Waals surface area contributed by atoms with Crippen molar-refractivity contribution in [3.8, 4) is 5.75 Å². The van der Waals surface area contributed by atoms with Crippen molar-refractivity contribution in [3.63, 3.8) is 0 Å². The highest BCUT2D eigenvalue weighted by molar-refractivity contribution is 5.89. The summed E-state index contributed by atoms with van der Waals surface area (Å²) in [5.41, 5.74) is 5.42. The number of hydrogen-bond donors (Lipinski definition) is 1. The number of carbonyl (C=O) groups excluding carboxylic acids is 1. The fraction of sp³-hybridized carbons (Fsp3) is 0.500. The number of rotatable bonds is 5. The van der Waals surface area contributed by atoms with Crippen molar-refractivity contribution in [1.82, 2.24) is 0 Å². The Kier molecular flexibility index (Phi) is 5.16. The monoisotopic (exact) mass is 251 g/mol. The zero-order chi connectivity index (χ0) is 13.6. The van der Waals surface area contributed by atoms with Crippen molar-refractivity contribution in [2.75, 3.05) is 13.2 Å². The van der Waals surface area contributed by atoms with Crippen LogP contribution in [-0.2, 0) is 4.74 Å². The van der Waals surface area contributed by atoms with E-state index in [2.05, 4.69) is 0 Å². The maximum atomic E-state index is 11.8. The van der Waals surface area contributed by atoms with Gasteiger partial charge in [0.15, 0.2) is 0 Å². The van der Waals surface area contributed by atoms with E-state index in [0.29, 0.717) is 18.7 Å². The van der Waals surface area contributed by atoms with Gasteiger partial charge in [0.25, 0.3) is 0 Å². The van der Waals surface area contributed by atoms with Gasteiger partial charge >= 0.3 is 5.97 Å². The predicted molar refractivity (Wildman–Crippen MR) is 70.8 cm³/mol. The van der Waals surface area contributed by atoms with Gasteiger partial charge in [0.05, 0.1) is 12.2 Å². The van der Waals surface area contributed by atoms with Gasteiger partial charge in [-0.1, -0.05) is 0 Å². The number of carbonyl (C=O) groups is 1. The lowest BCUT2D eigenvalue weighted by atomic mass is 10.1.